The smallest absolute Gasteiger partial charge is 0.325 e. The van der Waals surface area contributed by atoms with Crippen LogP contribution >= 0.6 is 0 Å². The van der Waals surface area contributed by atoms with Crippen LogP contribution in [0.4, 0.5) is 4.39 Å². The molecule has 4 rings (SSSR count). The van der Waals surface area contributed by atoms with E-state index >= 15 is 0 Å². The third-order valence-electron chi connectivity index (χ3n) is 7.03. The molecule has 9 heteroatoms. The molecule has 192 valence electrons. The molecule has 0 N–H and O–H groups in total. The molecule has 1 aliphatic carbocycles. The molecule has 1 aromatic heterocycles. The molecule has 1 aromatic carbocycles. The van der Waals surface area contributed by atoms with Gasteiger partial charge in [-0.25, -0.2) is 17.8 Å². The lowest BCUT2D eigenvalue weighted by molar-refractivity contribution is -0.145. The van der Waals surface area contributed by atoms with Gasteiger partial charge in [-0.3, -0.25) is 9.59 Å². The molecule has 0 spiro atoms. The molecular formula is C27H31FN2O5S. The zero-order valence-electron chi connectivity index (χ0n) is 21.0. The molecular weight excluding hydrogens is 483 g/mol. The second-order valence-corrected chi connectivity index (χ2v) is 12.1. The average Bonchev–Trinajstić information content (AvgIpc) is 3.04. The first-order valence-corrected chi connectivity index (χ1v) is 13.5. The molecule has 1 aliphatic heterocycles. The first-order valence-electron chi connectivity index (χ1n) is 12.0. The molecule has 0 saturated heterocycles. The number of pyridine rings is 1. The van der Waals surface area contributed by atoms with Gasteiger partial charge in [0.25, 0.3) is 0 Å². The van der Waals surface area contributed by atoms with Gasteiger partial charge in [-0.05, 0) is 73.6 Å². The van der Waals surface area contributed by atoms with Crippen LogP contribution in [0.2, 0.25) is 0 Å². The number of hydrogen-bond acceptors (Lipinski definition) is 7. The van der Waals surface area contributed by atoms with Gasteiger partial charge in [0.2, 0.25) is 9.84 Å². The quantitative estimate of drug-likeness (QED) is 0.405. The summed E-state index contributed by atoms with van der Waals surface area (Å²) in [7, 11) is -4.02. The second-order valence-electron chi connectivity index (χ2n) is 10.2. The minimum absolute atomic E-state index is 0.0292. The van der Waals surface area contributed by atoms with Crippen LogP contribution in [-0.4, -0.2) is 49.2 Å². The van der Waals surface area contributed by atoms with E-state index < -0.39 is 21.6 Å². The maximum absolute atomic E-state index is 13.4. The number of carbonyl (C=O) groups excluding carboxylic acids is 2. The SMILES string of the molecule is CCOC(=O)CN1C(C)=C(Cc2cccnc2S(=O)(=O)c2ccc(F)cc2)C2C(=O)CC(C)(C)CC21. The van der Waals surface area contributed by atoms with E-state index in [1.807, 2.05) is 25.7 Å². The fraction of sp³-hybridized carbons (Fsp3) is 0.444. The van der Waals surface area contributed by atoms with E-state index in [0.29, 0.717) is 12.0 Å². The number of hydrogen-bond donors (Lipinski definition) is 0. The normalized spacial score (nSPS) is 21.5. The van der Waals surface area contributed by atoms with Gasteiger partial charge in [0.15, 0.2) is 5.03 Å². The Balaban J connectivity index is 1.75. The molecule has 2 aliphatic rings. The van der Waals surface area contributed by atoms with Crippen molar-refractivity contribution in [1.82, 2.24) is 9.88 Å². The molecule has 7 nitrogen and oxygen atoms in total. The fourth-order valence-electron chi connectivity index (χ4n) is 5.48. The summed E-state index contributed by atoms with van der Waals surface area (Å²) >= 11 is 0. The van der Waals surface area contributed by atoms with Crippen molar-refractivity contribution >= 4 is 21.6 Å². The highest BCUT2D eigenvalue weighted by Gasteiger charge is 2.50. The third kappa shape index (κ3) is 4.93. The minimum Gasteiger partial charge on any atom is -0.465 e. The number of benzene rings is 1. The van der Waals surface area contributed by atoms with Gasteiger partial charge in [-0.2, -0.15) is 0 Å². The van der Waals surface area contributed by atoms with Crippen LogP contribution in [0.1, 0.15) is 46.1 Å². The molecule has 0 radical (unpaired) electrons. The minimum atomic E-state index is -4.02. The number of fused-ring (bicyclic) bond motifs is 1. The number of rotatable bonds is 7. The zero-order chi connectivity index (χ0) is 26.3. The van der Waals surface area contributed by atoms with Crippen molar-refractivity contribution in [3.8, 4) is 0 Å². The summed E-state index contributed by atoms with van der Waals surface area (Å²) in [5.41, 5.74) is 1.82. The summed E-state index contributed by atoms with van der Waals surface area (Å²) in [5.74, 6) is -1.25. The van der Waals surface area contributed by atoms with E-state index in [9.17, 15) is 22.4 Å². The Bertz CT molecular complexity index is 1320. The monoisotopic (exact) mass is 514 g/mol. The number of ketones is 1. The van der Waals surface area contributed by atoms with Crippen LogP contribution in [-0.2, 0) is 30.6 Å². The molecule has 1 saturated carbocycles. The second kappa shape index (κ2) is 9.76. The number of carbonyl (C=O) groups is 2. The lowest BCUT2D eigenvalue weighted by atomic mass is 9.68. The van der Waals surface area contributed by atoms with Crippen molar-refractivity contribution in [3.05, 3.63) is 65.2 Å². The van der Waals surface area contributed by atoms with E-state index in [-0.39, 0.29) is 52.7 Å². The highest BCUT2D eigenvalue weighted by atomic mass is 32.2. The highest BCUT2D eigenvalue weighted by molar-refractivity contribution is 7.91. The van der Waals surface area contributed by atoms with Crippen LogP contribution < -0.4 is 0 Å². The van der Waals surface area contributed by atoms with E-state index in [4.69, 9.17) is 4.74 Å². The van der Waals surface area contributed by atoms with Crippen molar-refractivity contribution in [1.29, 1.82) is 0 Å². The van der Waals surface area contributed by atoms with Gasteiger partial charge in [0, 0.05) is 24.4 Å². The van der Waals surface area contributed by atoms with Crippen LogP contribution in [0.25, 0.3) is 0 Å². The van der Waals surface area contributed by atoms with Crippen LogP contribution in [0.3, 0.4) is 0 Å². The Labute approximate surface area is 211 Å². The van der Waals surface area contributed by atoms with Crippen LogP contribution in [0.15, 0.2) is 63.8 Å². The molecule has 2 heterocycles. The standard InChI is InChI=1S/C27H31FN2O5S/c1-5-35-24(32)16-30-17(2)21(25-22(30)14-27(3,4)15-23(25)31)13-18-7-6-12-29-26(18)36(33,34)20-10-8-19(28)9-11-20/h6-12,22,25H,5,13-16H2,1-4H3. The lowest BCUT2D eigenvalue weighted by Crippen LogP contribution is -2.47. The summed E-state index contributed by atoms with van der Waals surface area (Å²) in [6.45, 7) is 8.01. The summed E-state index contributed by atoms with van der Waals surface area (Å²) in [4.78, 5) is 31.9. The Morgan fingerprint density at radius 1 is 1.22 bits per heavy atom. The fourth-order valence-corrected chi connectivity index (χ4v) is 6.88. The van der Waals surface area contributed by atoms with Gasteiger partial charge in [0.1, 0.15) is 18.1 Å². The third-order valence-corrected chi connectivity index (χ3v) is 8.80. The van der Waals surface area contributed by atoms with Crippen molar-refractivity contribution in [2.75, 3.05) is 13.2 Å². The number of nitrogens with zero attached hydrogens (tertiary/aromatic N) is 2. The van der Waals surface area contributed by atoms with Gasteiger partial charge in [0.05, 0.1) is 17.4 Å². The largest absolute Gasteiger partial charge is 0.465 e. The number of halogens is 1. The van der Waals surface area contributed by atoms with Gasteiger partial charge >= 0.3 is 5.97 Å². The maximum atomic E-state index is 13.4. The molecule has 36 heavy (non-hydrogen) atoms. The van der Waals surface area contributed by atoms with Crippen molar-refractivity contribution in [2.45, 2.75) is 62.9 Å². The number of aromatic nitrogens is 1. The van der Waals surface area contributed by atoms with Gasteiger partial charge < -0.3 is 9.64 Å². The predicted octanol–water partition coefficient (Wildman–Crippen LogP) is 4.12. The van der Waals surface area contributed by atoms with E-state index in [0.717, 1.165) is 29.8 Å². The number of esters is 1. The van der Waals surface area contributed by atoms with Gasteiger partial charge in [-0.1, -0.05) is 19.9 Å². The number of ether oxygens (including phenoxy) is 1. The zero-order valence-corrected chi connectivity index (χ0v) is 21.8. The number of sulfone groups is 1. The van der Waals surface area contributed by atoms with Crippen LogP contribution in [0.5, 0.6) is 0 Å². The van der Waals surface area contributed by atoms with E-state index in [1.165, 1.54) is 18.3 Å². The highest BCUT2D eigenvalue weighted by Crippen LogP contribution is 2.48. The Morgan fingerprint density at radius 2 is 1.92 bits per heavy atom. The Hall–Kier alpha value is -3.07. The molecule has 0 amide bonds. The summed E-state index contributed by atoms with van der Waals surface area (Å²) in [6, 6.07) is 7.77. The maximum Gasteiger partial charge on any atom is 0.325 e. The predicted molar refractivity (Wildman–Crippen MR) is 131 cm³/mol. The Kier molecular flexibility index (Phi) is 7.05. The number of allylic oxidation sites excluding steroid dienone is 1. The van der Waals surface area contributed by atoms with Crippen molar-refractivity contribution in [3.63, 3.8) is 0 Å². The Morgan fingerprint density at radius 3 is 2.58 bits per heavy atom. The van der Waals surface area contributed by atoms with E-state index in [2.05, 4.69) is 4.98 Å². The summed E-state index contributed by atoms with van der Waals surface area (Å²) < 4.78 is 45.4. The summed E-state index contributed by atoms with van der Waals surface area (Å²) in [6.07, 6.45) is 2.73. The first-order chi connectivity index (χ1) is 16.9. The molecule has 1 fully saturated rings. The topological polar surface area (TPSA) is 93.6 Å². The van der Waals surface area contributed by atoms with Gasteiger partial charge in [-0.15, -0.1) is 0 Å². The number of Topliss-reactive ketones (excluding diaryl/α,β-unsaturated/α-hetero) is 1. The van der Waals surface area contributed by atoms with Crippen LogP contribution in [0, 0.1) is 17.2 Å². The first kappa shape index (κ1) is 26.0. The molecule has 2 atom stereocenters. The molecule has 0 bridgehead atoms. The average molecular weight is 515 g/mol. The summed E-state index contributed by atoms with van der Waals surface area (Å²) in [5, 5.41) is -0.124. The lowest BCUT2D eigenvalue weighted by Gasteiger charge is -2.41. The van der Waals surface area contributed by atoms with Crippen molar-refractivity contribution in [2.24, 2.45) is 11.3 Å². The molecule has 2 unspecified atom stereocenters. The molecule has 2 aromatic rings. The van der Waals surface area contributed by atoms with E-state index in [1.54, 1.807) is 19.1 Å². The van der Waals surface area contributed by atoms with Crippen molar-refractivity contribution < 1.29 is 27.1 Å².